The van der Waals surface area contributed by atoms with Gasteiger partial charge in [0.2, 0.25) is 0 Å². The number of esters is 1. The van der Waals surface area contributed by atoms with E-state index in [-0.39, 0.29) is 0 Å². The van der Waals surface area contributed by atoms with Crippen LogP contribution in [0, 0.1) is 0 Å². The van der Waals surface area contributed by atoms with E-state index >= 15 is 0 Å². The Morgan fingerprint density at radius 3 is 2.95 bits per heavy atom. The number of rotatable bonds is 6. The number of aromatic nitrogens is 1. The highest BCUT2D eigenvalue weighted by Gasteiger charge is 2.13. The van der Waals surface area contributed by atoms with E-state index in [0.29, 0.717) is 18.4 Å². The maximum absolute atomic E-state index is 11.4. The number of ether oxygens (including phenoxy) is 2. The third kappa shape index (κ3) is 4.49. The van der Waals surface area contributed by atoms with Crippen molar-refractivity contribution >= 4 is 11.7 Å². The van der Waals surface area contributed by atoms with Gasteiger partial charge in [-0.05, 0) is 25.0 Å². The highest BCUT2D eigenvalue weighted by atomic mass is 16.5. The van der Waals surface area contributed by atoms with Crippen LogP contribution in [-0.4, -0.2) is 37.3 Å². The Hall–Kier alpha value is -1.62. The van der Waals surface area contributed by atoms with Gasteiger partial charge in [0.15, 0.2) is 0 Å². The third-order valence-electron chi connectivity index (χ3n) is 3.49. The molecule has 1 aliphatic carbocycles. The average molecular weight is 278 g/mol. The van der Waals surface area contributed by atoms with E-state index in [9.17, 15) is 4.79 Å². The highest BCUT2D eigenvalue weighted by Crippen LogP contribution is 2.20. The summed E-state index contributed by atoms with van der Waals surface area (Å²) >= 11 is 0. The van der Waals surface area contributed by atoms with E-state index < -0.39 is 5.97 Å². The quantitative estimate of drug-likeness (QED) is 0.640. The molecule has 20 heavy (non-hydrogen) atoms. The van der Waals surface area contributed by atoms with Gasteiger partial charge in [0.25, 0.3) is 0 Å². The molecule has 1 aromatic rings. The lowest BCUT2D eigenvalue weighted by molar-refractivity contribution is 0.0347. The van der Waals surface area contributed by atoms with Crippen molar-refractivity contribution in [1.82, 2.24) is 4.98 Å². The highest BCUT2D eigenvalue weighted by molar-refractivity contribution is 5.88. The van der Waals surface area contributed by atoms with Gasteiger partial charge in [-0.15, -0.1) is 0 Å². The molecule has 0 spiro atoms. The first kappa shape index (κ1) is 14.8. The van der Waals surface area contributed by atoms with E-state index in [4.69, 9.17) is 4.74 Å². The second-order valence-electron chi connectivity index (χ2n) is 4.98. The normalized spacial score (nSPS) is 15.8. The summed E-state index contributed by atoms with van der Waals surface area (Å²) in [7, 11) is 1.35. The minimum Gasteiger partial charge on any atom is -0.464 e. The number of hydrogen-bond acceptors (Lipinski definition) is 5. The monoisotopic (exact) mass is 278 g/mol. The lowest BCUT2D eigenvalue weighted by atomic mass is 9.98. The van der Waals surface area contributed by atoms with Gasteiger partial charge in [0.1, 0.15) is 5.69 Å². The predicted molar refractivity (Wildman–Crippen MR) is 76.9 cm³/mol. The number of nitrogens with zero attached hydrogens (tertiary/aromatic N) is 1. The number of pyridine rings is 1. The van der Waals surface area contributed by atoms with Crippen LogP contribution >= 0.6 is 0 Å². The van der Waals surface area contributed by atoms with Crippen molar-refractivity contribution in [1.29, 1.82) is 0 Å². The van der Waals surface area contributed by atoms with Crippen LogP contribution < -0.4 is 5.32 Å². The Morgan fingerprint density at radius 2 is 2.20 bits per heavy atom. The van der Waals surface area contributed by atoms with Crippen molar-refractivity contribution < 1.29 is 14.3 Å². The standard InChI is InChI=1S/C15H22N2O3/c1-19-15(18)14-11-12(7-8-17-14)16-9-10-20-13-5-3-2-4-6-13/h7-8,11,13H,2-6,9-10H2,1H3,(H,16,17). The van der Waals surface area contributed by atoms with Gasteiger partial charge in [-0.1, -0.05) is 19.3 Å². The fourth-order valence-corrected chi connectivity index (χ4v) is 2.41. The summed E-state index contributed by atoms with van der Waals surface area (Å²) < 4.78 is 10.5. The largest absolute Gasteiger partial charge is 0.464 e. The fraction of sp³-hybridized carbons (Fsp3) is 0.600. The first-order valence-corrected chi connectivity index (χ1v) is 7.19. The van der Waals surface area contributed by atoms with Gasteiger partial charge in [-0.3, -0.25) is 0 Å². The van der Waals surface area contributed by atoms with E-state index in [2.05, 4.69) is 15.0 Å². The molecule has 5 heteroatoms. The first-order chi connectivity index (χ1) is 9.79. The molecule has 1 N–H and O–H groups in total. The Labute approximate surface area is 119 Å². The smallest absolute Gasteiger partial charge is 0.356 e. The van der Waals surface area contributed by atoms with Crippen molar-refractivity contribution in [3.8, 4) is 0 Å². The number of methoxy groups -OCH3 is 1. The summed E-state index contributed by atoms with van der Waals surface area (Å²) in [5, 5.41) is 3.23. The van der Waals surface area contributed by atoms with Gasteiger partial charge >= 0.3 is 5.97 Å². The molecule has 0 aliphatic heterocycles. The number of carbonyl (C=O) groups is 1. The molecule has 0 unspecified atom stereocenters. The molecule has 5 nitrogen and oxygen atoms in total. The van der Waals surface area contributed by atoms with Crippen molar-refractivity contribution in [2.45, 2.75) is 38.2 Å². The van der Waals surface area contributed by atoms with Crippen LogP contribution in [0.1, 0.15) is 42.6 Å². The van der Waals surface area contributed by atoms with Crippen LogP contribution in [0.2, 0.25) is 0 Å². The second-order valence-corrected chi connectivity index (χ2v) is 4.98. The first-order valence-electron chi connectivity index (χ1n) is 7.19. The molecular weight excluding hydrogens is 256 g/mol. The van der Waals surface area contributed by atoms with Crippen molar-refractivity contribution in [2.24, 2.45) is 0 Å². The van der Waals surface area contributed by atoms with E-state index in [1.54, 1.807) is 12.3 Å². The number of hydrogen-bond donors (Lipinski definition) is 1. The predicted octanol–water partition coefficient (Wildman–Crippen LogP) is 2.63. The van der Waals surface area contributed by atoms with E-state index in [1.165, 1.54) is 39.2 Å². The van der Waals surface area contributed by atoms with Crippen molar-refractivity contribution in [3.63, 3.8) is 0 Å². The maximum atomic E-state index is 11.4. The molecule has 1 heterocycles. The van der Waals surface area contributed by atoms with Crippen LogP contribution in [-0.2, 0) is 9.47 Å². The third-order valence-corrected chi connectivity index (χ3v) is 3.49. The Bertz CT molecular complexity index is 431. The zero-order valence-corrected chi connectivity index (χ0v) is 11.9. The van der Waals surface area contributed by atoms with Gasteiger partial charge < -0.3 is 14.8 Å². The summed E-state index contributed by atoms with van der Waals surface area (Å²) in [6.45, 7) is 1.40. The van der Waals surface area contributed by atoms with Crippen LogP contribution in [0.3, 0.4) is 0 Å². The van der Waals surface area contributed by atoms with E-state index in [1.807, 2.05) is 6.07 Å². The topological polar surface area (TPSA) is 60.5 Å². The van der Waals surface area contributed by atoms with Crippen molar-refractivity contribution in [3.05, 3.63) is 24.0 Å². The number of anilines is 1. The number of nitrogens with one attached hydrogen (secondary N) is 1. The molecule has 1 aliphatic rings. The molecule has 1 saturated carbocycles. The molecule has 110 valence electrons. The van der Waals surface area contributed by atoms with Gasteiger partial charge in [-0.2, -0.15) is 0 Å². The van der Waals surface area contributed by atoms with Gasteiger partial charge in [0.05, 0.1) is 19.8 Å². The Balaban J connectivity index is 1.72. The van der Waals surface area contributed by atoms with Gasteiger partial charge in [0, 0.05) is 18.4 Å². The fourth-order valence-electron chi connectivity index (χ4n) is 2.41. The van der Waals surface area contributed by atoms with Gasteiger partial charge in [-0.25, -0.2) is 9.78 Å². The lowest BCUT2D eigenvalue weighted by Crippen LogP contribution is -2.20. The molecule has 1 fully saturated rings. The SMILES string of the molecule is COC(=O)c1cc(NCCOC2CCCCC2)ccn1. The molecule has 0 bridgehead atoms. The second kappa shape index (κ2) is 7.85. The summed E-state index contributed by atoms with van der Waals surface area (Å²) in [4.78, 5) is 15.3. The summed E-state index contributed by atoms with van der Waals surface area (Å²) in [6, 6.07) is 3.51. The molecule has 0 radical (unpaired) electrons. The summed E-state index contributed by atoms with van der Waals surface area (Å²) in [6.07, 6.45) is 8.29. The van der Waals surface area contributed by atoms with Crippen molar-refractivity contribution in [2.75, 3.05) is 25.6 Å². The molecule has 1 aromatic heterocycles. The Morgan fingerprint density at radius 1 is 1.40 bits per heavy atom. The van der Waals surface area contributed by atoms with E-state index in [0.717, 1.165) is 12.2 Å². The molecule has 0 saturated heterocycles. The van der Waals surface area contributed by atoms with Crippen LogP contribution in [0.25, 0.3) is 0 Å². The molecule has 0 aromatic carbocycles. The number of carbonyl (C=O) groups excluding carboxylic acids is 1. The summed E-state index contributed by atoms with van der Waals surface area (Å²) in [5.74, 6) is -0.424. The molecular formula is C15H22N2O3. The van der Waals surface area contributed by atoms with Crippen LogP contribution in [0.4, 0.5) is 5.69 Å². The average Bonchev–Trinajstić information content (AvgIpc) is 2.52. The minimum absolute atomic E-state index is 0.311. The maximum Gasteiger partial charge on any atom is 0.356 e. The molecule has 2 rings (SSSR count). The van der Waals surface area contributed by atoms with Crippen LogP contribution in [0.15, 0.2) is 18.3 Å². The molecule has 0 atom stereocenters. The lowest BCUT2D eigenvalue weighted by Gasteiger charge is -2.22. The molecule has 0 amide bonds. The summed E-state index contributed by atoms with van der Waals surface area (Å²) in [5.41, 5.74) is 1.17. The van der Waals surface area contributed by atoms with Crippen LogP contribution in [0.5, 0.6) is 0 Å². The Kier molecular flexibility index (Phi) is 5.80. The zero-order chi connectivity index (χ0) is 14.2. The minimum atomic E-state index is -0.424. The zero-order valence-electron chi connectivity index (χ0n) is 11.9.